The van der Waals surface area contributed by atoms with Crippen molar-refractivity contribution in [3.63, 3.8) is 0 Å². The molecule has 2 amide bonds. The molecule has 6 heteroatoms. The molecule has 1 N–H and O–H groups in total. The molecule has 25 heavy (non-hydrogen) atoms. The Balaban J connectivity index is 1.47. The van der Waals surface area contributed by atoms with Gasteiger partial charge in [-0.05, 0) is 42.7 Å². The highest BCUT2D eigenvalue weighted by molar-refractivity contribution is 6.30. The van der Waals surface area contributed by atoms with Crippen LogP contribution in [-0.2, 0) is 11.2 Å². The van der Waals surface area contributed by atoms with Crippen LogP contribution in [0.2, 0.25) is 5.02 Å². The maximum Gasteiger partial charge on any atom is 0.255 e. The molecule has 0 atom stereocenters. The van der Waals surface area contributed by atoms with Crippen molar-refractivity contribution >= 4 is 23.4 Å². The number of hydrogen-bond donors (Lipinski definition) is 1. The molecule has 0 bridgehead atoms. The third-order valence-electron chi connectivity index (χ3n) is 4.31. The summed E-state index contributed by atoms with van der Waals surface area (Å²) in [6, 6.07) is 11.0. The summed E-state index contributed by atoms with van der Waals surface area (Å²) >= 11 is 5.94. The molecule has 1 aromatic carbocycles. The molecule has 0 unspecified atom stereocenters. The van der Waals surface area contributed by atoms with Gasteiger partial charge in [-0.1, -0.05) is 23.7 Å². The molecular formula is C19H20ClN3O2. The van der Waals surface area contributed by atoms with E-state index >= 15 is 0 Å². The van der Waals surface area contributed by atoms with Gasteiger partial charge in [0.1, 0.15) is 0 Å². The topological polar surface area (TPSA) is 62.3 Å². The third-order valence-corrected chi connectivity index (χ3v) is 4.54. The number of amides is 2. The molecule has 1 fully saturated rings. The zero-order valence-corrected chi connectivity index (χ0v) is 14.6. The number of rotatable bonds is 4. The second-order valence-corrected chi connectivity index (χ2v) is 6.62. The van der Waals surface area contributed by atoms with E-state index in [1.807, 2.05) is 17.0 Å². The predicted octanol–water partition coefficient (Wildman–Crippen LogP) is 2.70. The molecule has 1 aliphatic rings. The lowest BCUT2D eigenvalue weighted by Gasteiger charge is -2.32. The van der Waals surface area contributed by atoms with Crippen molar-refractivity contribution in [2.45, 2.75) is 25.3 Å². The highest BCUT2D eigenvalue weighted by Gasteiger charge is 2.24. The van der Waals surface area contributed by atoms with Crippen LogP contribution in [0.25, 0.3) is 0 Å². The molecule has 0 saturated carbocycles. The van der Waals surface area contributed by atoms with Gasteiger partial charge in [-0.3, -0.25) is 14.6 Å². The average Bonchev–Trinajstić information content (AvgIpc) is 2.62. The van der Waals surface area contributed by atoms with Gasteiger partial charge in [0.25, 0.3) is 5.91 Å². The minimum Gasteiger partial charge on any atom is -0.353 e. The van der Waals surface area contributed by atoms with Crippen LogP contribution in [0, 0.1) is 0 Å². The highest BCUT2D eigenvalue weighted by Crippen LogP contribution is 2.15. The van der Waals surface area contributed by atoms with Crippen LogP contribution < -0.4 is 5.32 Å². The Bertz CT molecular complexity index is 743. The average molecular weight is 358 g/mol. The van der Waals surface area contributed by atoms with Gasteiger partial charge in [0.2, 0.25) is 5.91 Å². The fourth-order valence-electron chi connectivity index (χ4n) is 3.01. The van der Waals surface area contributed by atoms with Crippen molar-refractivity contribution in [3.8, 4) is 0 Å². The predicted molar refractivity (Wildman–Crippen MR) is 96.5 cm³/mol. The summed E-state index contributed by atoms with van der Waals surface area (Å²) in [5.41, 5.74) is 1.50. The summed E-state index contributed by atoms with van der Waals surface area (Å²) in [6.07, 6.45) is 5.07. The minimum atomic E-state index is -0.0145. The molecule has 5 nitrogen and oxygen atoms in total. The minimum absolute atomic E-state index is 0.00296. The van der Waals surface area contributed by atoms with Crippen molar-refractivity contribution in [3.05, 3.63) is 64.9 Å². The number of pyridine rings is 1. The van der Waals surface area contributed by atoms with Crippen molar-refractivity contribution in [1.82, 2.24) is 15.2 Å². The lowest BCUT2D eigenvalue weighted by molar-refractivity contribution is -0.121. The van der Waals surface area contributed by atoms with E-state index in [4.69, 9.17) is 11.6 Å². The summed E-state index contributed by atoms with van der Waals surface area (Å²) in [5.74, 6) is -0.0175. The normalized spacial score (nSPS) is 15.0. The largest absolute Gasteiger partial charge is 0.353 e. The maximum atomic E-state index is 12.4. The van der Waals surface area contributed by atoms with Crippen LogP contribution in [0.5, 0.6) is 0 Å². The standard InChI is InChI=1S/C19H20ClN3O2/c20-16-5-1-3-14(11-16)12-18(24)22-17-6-9-23(10-7-17)19(25)15-4-2-8-21-13-15/h1-5,8,11,13,17H,6-7,9-10,12H2,(H,22,24). The first-order valence-electron chi connectivity index (χ1n) is 8.35. The third kappa shape index (κ3) is 4.79. The Morgan fingerprint density at radius 2 is 2.00 bits per heavy atom. The summed E-state index contributed by atoms with van der Waals surface area (Å²) < 4.78 is 0. The van der Waals surface area contributed by atoms with Gasteiger partial charge in [0.05, 0.1) is 12.0 Å². The van der Waals surface area contributed by atoms with Crippen molar-refractivity contribution in [1.29, 1.82) is 0 Å². The maximum absolute atomic E-state index is 12.4. The number of aromatic nitrogens is 1. The Morgan fingerprint density at radius 1 is 1.20 bits per heavy atom. The van der Waals surface area contributed by atoms with E-state index in [0.717, 1.165) is 18.4 Å². The number of piperidine rings is 1. The summed E-state index contributed by atoms with van der Waals surface area (Å²) in [4.78, 5) is 30.4. The van der Waals surface area contributed by atoms with Gasteiger partial charge >= 0.3 is 0 Å². The van der Waals surface area contributed by atoms with Crippen LogP contribution in [0.4, 0.5) is 0 Å². The molecule has 1 aliphatic heterocycles. The number of nitrogens with one attached hydrogen (secondary N) is 1. The van der Waals surface area contributed by atoms with Gasteiger partial charge in [0, 0.05) is 36.5 Å². The van der Waals surface area contributed by atoms with Crippen LogP contribution in [0.1, 0.15) is 28.8 Å². The van der Waals surface area contributed by atoms with Gasteiger partial charge < -0.3 is 10.2 Å². The molecule has 0 aliphatic carbocycles. The van der Waals surface area contributed by atoms with Gasteiger partial charge in [-0.25, -0.2) is 0 Å². The van der Waals surface area contributed by atoms with Gasteiger partial charge in [0.15, 0.2) is 0 Å². The van der Waals surface area contributed by atoms with E-state index in [1.165, 1.54) is 0 Å². The Hall–Kier alpha value is -2.40. The molecule has 1 saturated heterocycles. The second-order valence-electron chi connectivity index (χ2n) is 6.18. The van der Waals surface area contributed by atoms with E-state index in [-0.39, 0.29) is 17.9 Å². The number of carbonyl (C=O) groups excluding carboxylic acids is 2. The van der Waals surface area contributed by atoms with Crippen LogP contribution >= 0.6 is 11.6 Å². The number of carbonyl (C=O) groups is 2. The zero-order valence-electron chi connectivity index (χ0n) is 13.8. The van der Waals surface area contributed by atoms with Gasteiger partial charge in [-0.2, -0.15) is 0 Å². The lowest BCUT2D eigenvalue weighted by Crippen LogP contribution is -2.46. The fraction of sp³-hybridized carbons (Fsp3) is 0.316. The lowest BCUT2D eigenvalue weighted by atomic mass is 10.0. The highest BCUT2D eigenvalue weighted by atomic mass is 35.5. The number of halogens is 1. The van der Waals surface area contributed by atoms with Crippen LogP contribution in [-0.4, -0.2) is 40.8 Å². The number of benzene rings is 1. The molecule has 1 aromatic heterocycles. The Kier molecular flexibility index (Phi) is 5.66. The first-order chi connectivity index (χ1) is 12.1. The summed E-state index contributed by atoms with van der Waals surface area (Å²) in [7, 11) is 0. The quantitative estimate of drug-likeness (QED) is 0.915. The summed E-state index contributed by atoms with van der Waals surface area (Å²) in [6.45, 7) is 1.27. The van der Waals surface area contributed by atoms with Crippen LogP contribution in [0.3, 0.4) is 0 Å². The van der Waals surface area contributed by atoms with E-state index in [9.17, 15) is 9.59 Å². The van der Waals surface area contributed by atoms with E-state index in [2.05, 4.69) is 10.3 Å². The fourth-order valence-corrected chi connectivity index (χ4v) is 3.22. The first kappa shape index (κ1) is 17.4. The van der Waals surface area contributed by atoms with Crippen molar-refractivity contribution < 1.29 is 9.59 Å². The number of nitrogens with zero attached hydrogens (tertiary/aromatic N) is 2. The molecular weight excluding hydrogens is 338 g/mol. The van der Waals surface area contributed by atoms with Crippen molar-refractivity contribution in [2.24, 2.45) is 0 Å². The Morgan fingerprint density at radius 3 is 2.68 bits per heavy atom. The number of hydrogen-bond acceptors (Lipinski definition) is 3. The van der Waals surface area contributed by atoms with Gasteiger partial charge in [-0.15, -0.1) is 0 Å². The van der Waals surface area contributed by atoms with E-state index in [1.54, 1.807) is 36.7 Å². The van der Waals surface area contributed by atoms with E-state index < -0.39 is 0 Å². The molecule has 0 radical (unpaired) electrons. The molecule has 2 heterocycles. The zero-order chi connectivity index (χ0) is 17.6. The number of likely N-dealkylation sites (tertiary alicyclic amines) is 1. The molecule has 0 spiro atoms. The SMILES string of the molecule is O=C(Cc1cccc(Cl)c1)NC1CCN(C(=O)c2cccnc2)CC1. The molecule has 130 valence electrons. The van der Waals surface area contributed by atoms with Crippen LogP contribution in [0.15, 0.2) is 48.8 Å². The van der Waals surface area contributed by atoms with Crippen molar-refractivity contribution in [2.75, 3.05) is 13.1 Å². The Labute approximate surface area is 152 Å². The molecule has 2 aromatic rings. The molecule has 3 rings (SSSR count). The second kappa shape index (κ2) is 8.12. The first-order valence-corrected chi connectivity index (χ1v) is 8.73. The monoisotopic (exact) mass is 357 g/mol. The smallest absolute Gasteiger partial charge is 0.255 e. The van der Waals surface area contributed by atoms with E-state index in [0.29, 0.717) is 30.1 Å². The summed E-state index contributed by atoms with van der Waals surface area (Å²) in [5, 5.41) is 3.69.